The van der Waals surface area contributed by atoms with Crippen LogP contribution in [0.5, 0.6) is 0 Å². The number of nitrogens with two attached hydrogens (primary N) is 1. The number of hydrogen-bond donors (Lipinski definition) is 1. The lowest BCUT2D eigenvalue weighted by Gasteiger charge is -2.12. The first-order valence-corrected chi connectivity index (χ1v) is 5.34. The predicted molar refractivity (Wildman–Crippen MR) is 58.6 cm³/mol. The van der Waals surface area contributed by atoms with Crippen molar-refractivity contribution in [2.45, 2.75) is 32.1 Å². The molecule has 0 radical (unpaired) electrons. The van der Waals surface area contributed by atoms with Gasteiger partial charge in [0.1, 0.15) is 18.1 Å². The topological polar surface area (TPSA) is 78.9 Å². The van der Waals surface area contributed by atoms with Crippen molar-refractivity contribution < 1.29 is 4.74 Å². The fraction of sp³-hybridized carbons (Fsp3) is 0.500. The highest BCUT2D eigenvalue weighted by atomic mass is 16.5. The van der Waals surface area contributed by atoms with E-state index in [1.807, 2.05) is 4.57 Å². The highest BCUT2D eigenvalue weighted by Gasteiger charge is 2.25. The summed E-state index contributed by atoms with van der Waals surface area (Å²) in [6.07, 6.45) is 5.53. The summed E-state index contributed by atoms with van der Waals surface area (Å²) in [7, 11) is 0. The lowest BCUT2D eigenvalue weighted by molar-refractivity contribution is 0.0131. The minimum Gasteiger partial charge on any atom is -0.382 e. The number of ether oxygens (including phenoxy) is 1. The van der Waals surface area contributed by atoms with E-state index in [2.05, 4.69) is 21.9 Å². The van der Waals surface area contributed by atoms with Gasteiger partial charge in [-0.05, 0) is 19.8 Å². The average molecular weight is 219 g/mol. The molecule has 3 rings (SSSR count). The van der Waals surface area contributed by atoms with Crippen LogP contribution in [0.2, 0.25) is 0 Å². The first-order valence-electron chi connectivity index (χ1n) is 5.34. The summed E-state index contributed by atoms with van der Waals surface area (Å²) in [5, 5.41) is 0. The van der Waals surface area contributed by atoms with Crippen LogP contribution in [0.4, 0.5) is 5.82 Å². The van der Waals surface area contributed by atoms with Crippen molar-refractivity contribution in [3.05, 3.63) is 12.7 Å². The van der Waals surface area contributed by atoms with Gasteiger partial charge in [0, 0.05) is 0 Å². The quantitative estimate of drug-likeness (QED) is 0.777. The monoisotopic (exact) mass is 219 g/mol. The molecule has 16 heavy (non-hydrogen) atoms. The molecule has 3 heterocycles. The molecule has 0 aromatic carbocycles. The highest BCUT2D eigenvalue weighted by molar-refractivity contribution is 5.81. The first kappa shape index (κ1) is 9.53. The Hall–Kier alpha value is -1.69. The molecule has 1 saturated heterocycles. The Morgan fingerprint density at radius 1 is 1.38 bits per heavy atom. The van der Waals surface area contributed by atoms with Crippen molar-refractivity contribution in [1.29, 1.82) is 0 Å². The zero-order valence-corrected chi connectivity index (χ0v) is 9.00. The van der Waals surface area contributed by atoms with Crippen LogP contribution in [0.3, 0.4) is 0 Å². The fourth-order valence-electron chi connectivity index (χ4n) is 2.07. The molecule has 2 N–H and O–H groups in total. The molecule has 0 amide bonds. The molecule has 6 nitrogen and oxygen atoms in total. The van der Waals surface area contributed by atoms with Crippen LogP contribution in [0.15, 0.2) is 12.7 Å². The zero-order valence-electron chi connectivity index (χ0n) is 9.00. The lowest BCUT2D eigenvalue weighted by atomic mass is 10.2. The lowest BCUT2D eigenvalue weighted by Crippen LogP contribution is -2.09. The second-order valence-corrected chi connectivity index (χ2v) is 4.06. The highest BCUT2D eigenvalue weighted by Crippen LogP contribution is 2.30. The molecular weight excluding hydrogens is 206 g/mol. The van der Waals surface area contributed by atoms with Gasteiger partial charge in [0.05, 0.1) is 12.4 Å². The van der Waals surface area contributed by atoms with Crippen LogP contribution in [-0.2, 0) is 4.74 Å². The third kappa shape index (κ3) is 1.34. The van der Waals surface area contributed by atoms with E-state index in [-0.39, 0.29) is 6.23 Å². The van der Waals surface area contributed by atoms with Gasteiger partial charge in [0.2, 0.25) is 0 Å². The van der Waals surface area contributed by atoms with Crippen LogP contribution >= 0.6 is 0 Å². The molecule has 2 aromatic heterocycles. The van der Waals surface area contributed by atoms with E-state index in [9.17, 15) is 0 Å². The second-order valence-electron chi connectivity index (χ2n) is 4.06. The molecular formula is C10H13N5O. The van der Waals surface area contributed by atoms with Gasteiger partial charge in [0.15, 0.2) is 11.5 Å². The van der Waals surface area contributed by atoms with Gasteiger partial charge in [-0.3, -0.25) is 4.57 Å². The SMILES string of the molecule is CC1CC[C@H](n2cnc3c(N)ncnc32)O1. The van der Waals surface area contributed by atoms with Gasteiger partial charge in [-0.2, -0.15) is 0 Å². The van der Waals surface area contributed by atoms with E-state index < -0.39 is 0 Å². The number of fused-ring (bicyclic) bond motifs is 1. The summed E-state index contributed by atoms with van der Waals surface area (Å²) in [6, 6.07) is 0. The van der Waals surface area contributed by atoms with Crippen LogP contribution < -0.4 is 5.73 Å². The van der Waals surface area contributed by atoms with Crippen LogP contribution in [0.25, 0.3) is 11.2 Å². The maximum absolute atomic E-state index is 5.78. The molecule has 1 aliphatic heterocycles. The Bertz CT molecular complexity index is 523. The number of imidazole rings is 1. The summed E-state index contributed by atoms with van der Waals surface area (Å²) in [5.74, 6) is 0.412. The van der Waals surface area contributed by atoms with Crippen molar-refractivity contribution in [1.82, 2.24) is 19.5 Å². The van der Waals surface area contributed by atoms with Crippen LogP contribution in [-0.4, -0.2) is 25.6 Å². The smallest absolute Gasteiger partial charge is 0.167 e. The van der Waals surface area contributed by atoms with Crippen molar-refractivity contribution in [2.24, 2.45) is 0 Å². The van der Waals surface area contributed by atoms with Crippen molar-refractivity contribution >= 4 is 17.0 Å². The minimum absolute atomic E-state index is 0.0225. The predicted octanol–water partition coefficient (Wildman–Crippen LogP) is 1.11. The van der Waals surface area contributed by atoms with Crippen molar-refractivity contribution in [3.63, 3.8) is 0 Å². The van der Waals surface area contributed by atoms with Crippen molar-refractivity contribution in [2.75, 3.05) is 5.73 Å². The normalized spacial score (nSPS) is 25.3. The Labute approximate surface area is 92.5 Å². The molecule has 1 unspecified atom stereocenters. The molecule has 0 bridgehead atoms. The molecule has 2 aromatic rings. The van der Waals surface area contributed by atoms with Gasteiger partial charge >= 0.3 is 0 Å². The Morgan fingerprint density at radius 3 is 3.00 bits per heavy atom. The first-order chi connectivity index (χ1) is 7.75. The molecule has 1 fully saturated rings. The van der Waals surface area contributed by atoms with Crippen LogP contribution in [0.1, 0.15) is 26.0 Å². The van der Waals surface area contributed by atoms with E-state index >= 15 is 0 Å². The van der Waals surface area contributed by atoms with E-state index in [0.29, 0.717) is 17.4 Å². The second kappa shape index (κ2) is 3.41. The molecule has 0 aliphatic carbocycles. The fourth-order valence-corrected chi connectivity index (χ4v) is 2.07. The largest absolute Gasteiger partial charge is 0.382 e. The Kier molecular flexibility index (Phi) is 2.03. The summed E-state index contributed by atoms with van der Waals surface area (Å²) in [5.41, 5.74) is 7.11. The van der Waals surface area contributed by atoms with Gasteiger partial charge in [-0.1, -0.05) is 0 Å². The van der Waals surface area contributed by atoms with Gasteiger partial charge in [-0.25, -0.2) is 15.0 Å². The van der Waals surface area contributed by atoms with Gasteiger partial charge in [-0.15, -0.1) is 0 Å². The van der Waals surface area contributed by atoms with Gasteiger partial charge in [0.25, 0.3) is 0 Å². The third-order valence-electron chi connectivity index (χ3n) is 2.91. The standard InChI is InChI=1S/C10H13N5O/c1-6-2-3-7(16-6)15-5-14-8-9(11)12-4-13-10(8)15/h4-7H,2-3H2,1H3,(H2,11,12,13)/t6?,7-/m1/s1. The summed E-state index contributed by atoms with van der Waals surface area (Å²) in [4.78, 5) is 12.3. The molecule has 2 atom stereocenters. The number of rotatable bonds is 1. The number of anilines is 1. The van der Waals surface area contributed by atoms with Gasteiger partial charge < -0.3 is 10.5 Å². The maximum Gasteiger partial charge on any atom is 0.167 e. The van der Waals surface area contributed by atoms with E-state index in [1.54, 1.807) is 6.33 Å². The Balaban J connectivity index is 2.08. The maximum atomic E-state index is 5.78. The number of hydrogen-bond acceptors (Lipinski definition) is 5. The van der Waals surface area contributed by atoms with Crippen LogP contribution in [0, 0.1) is 0 Å². The van der Waals surface area contributed by atoms with E-state index in [0.717, 1.165) is 18.5 Å². The number of nitrogens with zero attached hydrogens (tertiary/aromatic N) is 4. The Morgan fingerprint density at radius 2 is 2.25 bits per heavy atom. The van der Waals surface area contributed by atoms with E-state index in [1.165, 1.54) is 6.33 Å². The summed E-state index contributed by atoms with van der Waals surface area (Å²) >= 11 is 0. The third-order valence-corrected chi connectivity index (χ3v) is 2.91. The molecule has 0 saturated carbocycles. The molecule has 6 heteroatoms. The molecule has 84 valence electrons. The average Bonchev–Trinajstić information content (AvgIpc) is 2.84. The minimum atomic E-state index is 0.0225. The summed E-state index contributed by atoms with van der Waals surface area (Å²) in [6.45, 7) is 2.07. The van der Waals surface area contributed by atoms with E-state index in [4.69, 9.17) is 10.5 Å². The molecule has 1 aliphatic rings. The zero-order chi connectivity index (χ0) is 11.1. The number of aromatic nitrogens is 4. The number of nitrogen functional groups attached to an aromatic ring is 1. The molecule has 0 spiro atoms. The van der Waals surface area contributed by atoms with Crippen molar-refractivity contribution in [3.8, 4) is 0 Å². The summed E-state index contributed by atoms with van der Waals surface area (Å²) < 4.78 is 7.70.